The third-order valence-electron chi connectivity index (χ3n) is 3.04. The van der Waals surface area contributed by atoms with Gasteiger partial charge in [-0.15, -0.1) is 0 Å². The van der Waals surface area contributed by atoms with Gasteiger partial charge in [0.25, 0.3) is 11.6 Å². The maximum atomic E-state index is 12.2. The molecule has 1 aromatic rings. The zero-order chi connectivity index (χ0) is 16.0. The molecule has 7 nitrogen and oxygen atoms in total. The van der Waals surface area contributed by atoms with E-state index in [1.807, 2.05) is 13.8 Å². The fourth-order valence-electron chi connectivity index (χ4n) is 2.01. The number of rotatable bonds is 7. The van der Waals surface area contributed by atoms with E-state index in [0.29, 0.717) is 0 Å². The highest BCUT2D eigenvalue weighted by Crippen LogP contribution is 2.34. The summed E-state index contributed by atoms with van der Waals surface area (Å²) in [6.45, 7) is 3.86. The predicted octanol–water partition coefficient (Wildman–Crippen LogP) is 2.53. The first-order valence-corrected chi connectivity index (χ1v) is 6.65. The monoisotopic (exact) mass is 296 g/mol. The van der Waals surface area contributed by atoms with Gasteiger partial charge in [0.15, 0.2) is 11.5 Å². The van der Waals surface area contributed by atoms with Gasteiger partial charge in [-0.05, 0) is 13.3 Å². The van der Waals surface area contributed by atoms with Gasteiger partial charge in [0.05, 0.1) is 25.2 Å². The molecule has 0 saturated heterocycles. The summed E-state index contributed by atoms with van der Waals surface area (Å²) in [5.41, 5.74) is -0.352. The van der Waals surface area contributed by atoms with Crippen molar-refractivity contribution in [3.05, 3.63) is 27.8 Å². The Morgan fingerprint density at radius 2 is 1.90 bits per heavy atom. The highest BCUT2D eigenvalue weighted by Gasteiger charge is 2.25. The molecule has 0 radical (unpaired) electrons. The summed E-state index contributed by atoms with van der Waals surface area (Å²) in [6.07, 6.45) is 1.71. The van der Waals surface area contributed by atoms with Crippen LogP contribution in [-0.2, 0) is 0 Å². The zero-order valence-corrected chi connectivity index (χ0v) is 12.6. The normalized spacial score (nSPS) is 11.6. The van der Waals surface area contributed by atoms with E-state index in [2.05, 4.69) is 5.32 Å². The molecule has 0 fully saturated rings. The Hall–Kier alpha value is -2.31. The molecular formula is C14H20N2O5. The molecule has 0 aliphatic heterocycles. The van der Waals surface area contributed by atoms with Crippen molar-refractivity contribution < 1.29 is 19.2 Å². The topological polar surface area (TPSA) is 90.7 Å². The SMILES string of the molecule is CCCC(C)NC(=O)c1cc(OC)c(OC)cc1[N+](=O)[O-]. The molecule has 1 unspecified atom stereocenters. The molecule has 1 rings (SSSR count). The van der Waals surface area contributed by atoms with Crippen molar-refractivity contribution >= 4 is 11.6 Å². The Balaban J connectivity index is 3.20. The number of amides is 1. The Morgan fingerprint density at radius 3 is 2.38 bits per heavy atom. The van der Waals surface area contributed by atoms with Crippen LogP contribution in [0.3, 0.4) is 0 Å². The van der Waals surface area contributed by atoms with Gasteiger partial charge >= 0.3 is 0 Å². The van der Waals surface area contributed by atoms with Crippen molar-refractivity contribution in [3.63, 3.8) is 0 Å². The lowest BCUT2D eigenvalue weighted by molar-refractivity contribution is -0.385. The van der Waals surface area contributed by atoms with Crippen molar-refractivity contribution in [2.24, 2.45) is 0 Å². The molecule has 0 heterocycles. The number of hydrogen-bond donors (Lipinski definition) is 1. The molecule has 0 bridgehead atoms. The summed E-state index contributed by atoms with van der Waals surface area (Å²) in [7, 11) is 2.79. The minimum absolute atomic E-state index is 0.0411. The molecular weight excluding hydrogens is 276 g/mol. The van der Waals surface area contributed by atoms with Gasteiger partial charge in [-0.2, -0.15) is 0 Å². The number of benzene rings is 1. The van der Waals surface area contributed by atoms with Crippen LogP contribution >= 0.6 is 0 Å². The first-order chi connectivity index (χ1) is 9.94. The lowest BCUT2D eigenvalue weighted by Crippen LogP contribution is -2.32. The Kier molecular flexibility index (Phi) is 5.95. The van der Waals surface area contributed by atoms with Crippen LogP contribution in [0, 0.1) is 10.1 Å². The van der Waals surface area contributed by atoms with Gasteiger partial charge in [0.1, 0.15) is 5.56 Å². The van der Waals surface area contributed by atoms with Crippen molar-refractivity contribution in [1.29, 1.82) is 0 Å². The number of nitro benzene ring substituents is 1. The van der Waals surface area contributed by atoms with Crippen LogP contribution < -0.4 is 14.8 Å². The molecule has 0 spiro atoms. The molecule has 0 aliphatic carbocycles. The van der Waals surface area contributed by atoms with Crippen molar-refractivity contribution in [2.45, 2.75) is 32.7 Å². The molecule has 1 amide bonds. The van der Waals surface area contributed by atoms with Gasteiger partial charge in [-0.1, -0.05) is 13.3 Å². The second-order valence-electron chi connectivity index (χ2n) is 4.64. The smallest absolute Gasteiger partial charge is 0.286 e. The second kappa shape index (κ2) is 7.47. The molecule has 21 heavy (non-hydrogen) atoms. The minimum atomic E-state index is -0.610. The molecule has 0 saturated carbocycles. The van der Waals surface area contributed by atoms with Crippen molar-refractivity contribution in [1.82, 2.24) is 5.32 Å². The molecule has 7 heteroatoms. The Bertz CT molecular complexity index is 530. The summed E-state index contributed by atoms with van der Waals surface area (Å²) in [4.78, 5) is 22.7. The number of carbonyl (C=O) groups excluding carboxylic acids is 1. The highest BCUT2D eigenvalue weighted by molar-refractivity contribution is 5.99. The fourth-order valence-corrected chi connectivity index (χ4v) is 2.01. The average molecular weight is 296 g/mol. The molecule has 1 N–H and O–H groups in total. The lowest BCUT2D eigenvalue weighted by atomic mass is 10.1. The number of nitrogens with one attached hydrogen (secondary N) is 1. The second-order valence-corrected chi connectivity index (χ2v) is 4.64. The number of carbonyl (C=O) groups is 1. The van der Waals surface area contributed by atoms with E-state index in [9.17, 15) is 14.9 Å². The van der Waals surface area contributed by atoms with E-state index < -0.39 is 10.8 Å². The van der Waals surface area contributed by atoms with Crippen molar-refractivity contribution in [2.75, 3.05) is 14.2 Å². The van der Waals surface area contributed by atoms with Gasteiger partial charge in [-0.3, -0.25) is 14.9 Å². The van der Waals surface area contributed by atoms with E-state index in [4.69, 9.17) is 9.47 Å². The van der Waals surface area contributed by atoms with Gasteiger partial charge < -0.3 is 14.8 Å². The lowest BCUT2D eigenvalue weighted by Gasteiger charge is -2.14. The highest BCUT2D eigenvalue weighted by atomic mass is 16.6. The zero-order valence-electron chi connectivity index (χ0n) is 12.6. The van der Waals surface area contributed by atoms with Gasteiger partial charge in [0, 0.05) is 12.1 Å². The van der Waals surface area contributed by atoms with E-state index in [1.54, 1.807) is 0 Å². The standard InChI is InChI=1S/C14H20N2O5/c1-5-6-9(2)15-14(17)10-7-12(20-3)13(21-4)8-11(10)16(18)19/h7-9H,5-6H2,1-4H3,(H,15,17). The maximum absolute atomic E-state index is 12.2. The summed E-state index contributed by atoms with van der Waals surface area (Å²) >= 11 is 0. The quantitative estimate of drug-likeness (QED) is 0.616. The maximum Gasteiger partial charge on any atom is 0.286 e. The van der Waals surface area contributed by atoms with E-state index >= 15 is 0 Å². The minimum Gasteiger partial charge on any atom is -0.493 e. The number of methoxy groups -OCH3 is 2. The van der Waals surface area contributed by atoms with E-state index in [-0.39, 0.29) is 28.8 Å². The van der Waals surface area contributed by atoms with Gasteiger partial charge in [-0.25, -0.2) is 0 Å². The summed E-state index contributed by atoms with van der Waals surface area (Å²) in [5, 5.41) is 13.9. The van der Waals surface area contributed by atoms with Crippen LogP contribution in [0.2, 0.25) is 0 Å². The fraction of sp³-hybridized carbons (Fsp3) is 0.500. The number of nitro groups is 1. The molecule has 0 aromatic heterocycles. The van der Waals surface area contributed by atoms with Crippen LogP contribution in [-0.4, -0.2) is 31.1 Å². The third-order valence-corrected chi connectivity index (χ3v) is 3.04. The third kappa shape index (κ3) is 4.08. The number of hydrogen-bond acceptors (Lipinski definition) is 5. The van der Waals surface area contributed by atoms with Crippen LogP contribution in [0.25, 0.3) is 0 Å². The first kappa shape index (κ1) is 16.7. The van der Waals surface area contributed by atoms with Crippen LogP contribution in [0.4, 0.5) is 5.69 Å². The van der Waals surface area contributed by atoms with Crippen molar-refractivity contribution in [3.8, 4) is 11.5 Å². The van der Waals surface area contributed by atoms with Crippen LogP contribution in [0.5, 0.6) is 11.5 Å². The van der Waals surface area contributed by atoms with Crippen LogP contribution in [0.15, 0.2) is 12.1 Å². The number of nitrogens with zero attached hydrogens (tertiary/aromatic N) is 1. The molecule has 1 atom stereocenters. The van der Waals surface area contributed by atoms with Gasteiger partial charge in [0.2, 0.25) is 0 Å². The Labute approximate surface area is 123 Å². The number of ether oxygens (including phenoxy) is 2. The van der Waals surface area contributed by atoms with Crippen LogP contribution in [0.1, 0.15) is 37.0 Å². The largest absolute Gasteiger partial charge is 0.493 e. The summed E-state index contributed by atoms with van der Waals surface area (Å²) < 4.78 is 10.1. The summed E-state index contributed by atoms with van der Waals surface area (Å²) in [5.74, 6) is -0.0117. The molecule has 0 aliphatic rings. The van der Waals surface area contributed by atoms with E-state index in [0.717, 1.165) is 12.8 Å². The van der Waals surface area contributed by atoms with E-state index in [1.165, 1.54) is 26.4 Å². The predicted molar refractivity (Wildman–Crippen MR) is 78.0 cm³/mol. The Morgan fingerprint density at radius 1 is 1.33 bits per heavy atom. The first-order valence-electron chi connectivity index (χ1n) is 6.65. The average Bonchev–Trinajstić information content (AvgIpc) is 2.45. The molecule has 116 valence electrons. The summed E-state index contributed by atoms with van der Waals surface area (Å²) in [6, 6.07) is 2.46. The molecule has 1 aromatic carbocycles.